The van der Waals surface area contributed by atoms with Crippen LogP contribution in [0.4, 0.5) is 34.1 Å². The Kier molecular flexibility index (Phi) is 5.30. The minimum Gasteiger partial charge on any atom is -0.453 e. The van der Waals surface area contributed by atoms with Crippen LogP contribution in [-0.2, 0) is 10.8 Å². The Bertz CT molecular complexity index is 2160. The average Bonchev–Trinajstić information content (AvgIpc) is 3.29. The highest BCUT2D eigenvalue weighted by atomic mass is 16.5. The summed E-state index contributed by atoms with van der Waals surface area (Å²) in [7, 11) is 0. The summed E-state index contributed by atoms with van der Waals surface area (Å²) in [6.45, 7) is 9.35. The van der Waals surface area contributed by atoms with E-state index in [0.29, 0.717) is 0 Å². The minimum atomic E-state index is -0.202. The molecule has 2 aliphatic heterocycles. The fraction of sp³-hybridized carbons (Fsp3) is 0.143. The zero-order valence-electron chi connectivity index (χ0n) is 26.0. The molecule has 3 heteroatoms. The summed E-state index contributed by atoms with van der Waals surface area (Å²) in [6.07, 6.45) is 0. The zero-order valence-corrected chi connectivity index (χ0v) is 26.0. The number of hydrogen-bond donors (Lipinski definition) is 0. The standard InChI is InChI=1S/C42H34N2O/c1-41(2)32-16-9-8-15-30(32)31-23-21-28(25-35(31)41)43(27-13-6-5-7-14-27)29-22-24-33-37(26-29)44-36-18-10-11-19-38(36)45-39-20-12-17-34(40(39)44)42(33,3)4/h5-26H,1-4H3. The lowest BCUT2D eigenvalue weighted by Gasteiger charge is -2.45. The highest BCUT2D eigenvalue weighted by molar-refractivity contribution is 5.95. The van der Waals surface area contributed by atoms with Crippen molar-refractivity contribution in [1.29, 1.82) is 0 Å². The zero-order chi connectivity index (χ0) is 30.5. The third kappa shape index (κ3) is 3.58. The Hall–Kier alpha value is -5.28. The molecule has 0 bridgehead atoms. The fourth-order valence-corrected chi connectivity index (χ4v) is 7.93. The predicted octanol–water partition coefficient (Wildman–Crippen LogP) is 11.7. The summed E-state index contributed by atoms with van der Waals surface area (Å²) in [5.74, 6) is 1.77. The lowest BCUT2D eigenvalue weighted by Crippen LogP contribution is -2.32. The van der Waals surface area contributed by atoms with Crippen molar-refractivity contribution in [2.24, 2.45) is 0 Å². The number of anilines is 6. The Morgan fingerprint density at radius 3 is 1.98 bits per heavy atom. The number of hydrogen-bond acceptors (Lipinski definition) is 3. The van der Waals surface area contributed by atoms with Gasteiger partial charge >= 0.3 is 0 Å². The SMILES string of the molecule is CC1(C)c2ccccc2-c2ccc(N(c3ccccc3)c3ccc4c(c3)N3c5ccccc5Oc5cccc(c53)C4(C)C)cc21. The first kappa shape index (κ1) is 26.2. The maximum absolute atomic E-state index is 6.49. The van der Waals surface area contributed by atoms with E-state index >= 15 is 0 Å². The molecule has 1 aliphatic carbocycles. The van der Waals surface area contributed by atoms with Gasteiger partial charge in [-0.2, -0.15) is 0 Å². The third-order valence-corrected chi connectivity index (χ3v) is 10.2. The number of nitrogens with zero attached hydrogens (tertiary/aromatic N) is 2. The lowest BCUT2D eigenvalue weighted by molar-refractivity contribution is 0.471. The van der Waals surface area contributed by atoms with E-state index in [9.17, 15) is 0 Å². The van der Waals surface area contributed by atoms with Crippen molar-refractivity contribution in [3.63, 3.8) is 0 Å². The van der Waals surface area contributed by atoms with Gasteiger partial charge in [0.1, 0.15) is 0 Å². The highest BCUT2D eigenvalue weighted by Crippen LogP contribution is 2.60. The maximum Gasteiger partial charge on any atom is 0.151 e. The third-order valence-electron chi connectivity index (χ3n) is 10.2. The molecule has 45 heavy (non-hydrogen) atoms. The molecule has 6 aromatic rings. The smallest absolute Gasteiger partial charge is 0.151 e. The van der Waals surface area contributed by atoms with E-state index in [4.69, 9.17) is 4.74 Å². The minimum absolute atomic E-state index is 0.0816. The molecule has 0 spiro atoms. The molecule has 218 valence electrons. The molecular formula is C42H34N2O. The van der Waals surface area contributed by atoms with Gasteiger partial charge in [-0.15, -0.1) is 0 Å². The van der Waals surface area contributed by atoms with Crippen LogP contribution in [0.25, 0.3) is 11.1 Å². The number of ether oxygens (including phenoxy) is 1. The molecule has 0 atom stereocenters. The molecule has 0 fully saturated rings. The molecule has 0 N–H and O–H groups in total. The van der Waals surface area contributed by atoms with Crippen molar-refractivity contribution >= 4 is 34.1 Å². The lowest BCUT2D eigenvalue weighted by atomic mass is 9.73. The monoisotopic (exact) mass is 582 g/mol. The largest absolute Gasteiger partial charge is 0.453 e. The van der Waals surface area contributed by atoms with E-state index in [1.54, 1.807) is 0 Å². The van der Waals surface area contributed by atoms with E-state index in [1.807, 2.05) is 6.07 Å². The van der Waals surface area contributed by atoms with Crippen LogP contribution in [0.2, 0.25) is 0 Å². The van der Waals surface area contributed by atoms with Crippen molar-refractivity contribution < 1.29 is 4.74 Å². The van der Waals surface area contributed by atoms with Gasteiger partial charge in [0.15, 0.2) is 11.5 Å². The van der Waals surface area contributed by atoms with Crippen LogP contribution in [0.15, 0.2) is 133 Å². The van der Waals surface area contributed by atoms with Gasteiger partial charge in [-0.25, -0.2) is 0 Å². The summed E-state index contributed by atoms with van der Waals surface area (Å²) in [5.41, 5.74) is 14.5. The predicted molar refractivity (Wildman–Crippen MR) is 186 cm³/mol. The van der Waals surface area contributed by atoms with Crippen LogP contribution in [0.1, 0.15) is 49.9 Å². The second-order valence-corrected chi connectivity index (χ2v) is 13.5. The van der Waals surface area contributed by atoms with Gasteiger partial charge in [-0.05, 0) is 88.0 Å². The normalized spacial score (nSPS) is 15.6. The Morgan fingerprint density at radius 2 is 1.11 bits per heavy atom. The Balaban J connectivity index is 1.26. The summed E-state index contributed by atoms with van der Waals surface area (Å²) < 4.78 is 6.49. The van der Waals surface area contributed by atoms with Crippen LogP contribution >= 0.6 is 0 Å². The molecule has 3 nitrogen and oxygen atoms in total. The molecule has 9 rings (SSSR count). The van der Waals surface area contributed by atoms with Crippen LogP contribution in [0.5, 0.6) is 11.5 Å². The molecule has 3 aliphatic rings. The van der Waals surface area contributed by atoms with E-state index in [1.165, 1.54) is 39.1 Å². The van der Waals surface area contributed by atoms with Crippen molar-refractivity contribution in [2.75, 3.05) is 9.80 Å². The summed E-state index contributed by atoms with van der Waals surface area (Å²) in [4.78, 5) is 4.82. The molecule has 0 aromatic heterocycles. The van der Waals surface area contributed by atoms with Crippen molar-refractivity contribution in [2.45, 2.75) is 38.5 Å². The van der Waals surface area contributed by atoms with Gasteiger partial charge in [-0.3, -0.25) is 0 Å². The molecule has 0 amide bonds. The van der Waals surface area contributed by atoms with E-state index in [2.05, 4.69) is 165 Å². The first-order valence-electron chi connectivity index (χ1n) is 15.8. The summed E-state index contributed by atoms with van der Waals surface area (Å²) in [5, 5.41) is 0. The molecule has 0 saturated heterocycles. The van der Waals surface area contributed by atoms with Gasteiger partial charge in [0, 0.05) is 27.9 Å². The quantitative estimate of drug-likeness (QED) is 0.206. The van der Waals surface area contributed by atoms with E-state index in [-0.39, 0.29) is 10.8 Å². The van der Waals surface area contributed by atoms with Crippen LogP contribution in [0, 0.1) is 0 Å². The number of benzene rings is 6. The molecular weight excluding hydrogens is 548 g/mol. The average molecular weight is 583 g/mol. The fourth-order valence-electron chi connectivity index (χ4n) is 7.93. The second-order valence-electron chi connectivity index (χ2n) is 13.5. The van der Waals surface area contributed by atoms with Gasteiger partial charge < -0.3 is 14.5 Å². The van der Waals surface area contributed by atoms with Crippen molar-refractivity contribution in [3.05, 3.63) is 156 Å². The molecule has 0 radical (unpaired) electrons. The Morgan fingerprint density at radius 1 is 0.467 bits per heavy atom. The molecule has 0 saturated carbocycles. The van der Waals surface area contributed by atoms with Crippen molar-refractivity contribution in [3.8, 4) is 22.6 Å². The second kappa shape index (κ2) is 9.12. The van der Waals surface area contributed by atoms with Gasteiger partial charge in [0.05, 0.1) is 17.1 Å². The van der Waals surface area contributed by atoms with Gasteiger partial charge in [0.2, 0.25) is 0 Å². The molecule has 2 heterocycles. The van der Waals surface area contributed by atoms with Gasteiger partial charge in [0.25, 0.3) is 0 Å². The maximum atomic E-state index is 6.49. The van der Waals surface area contributed by atoms with E-state index < -0.39 is 0 Å². The first-order valence-corrected chi connectivity index (χ1v) is 15.8. The van der Waals surface area contributed by atoms with Gasteiger partial charge in [-0.1, -0.05) is 107 Å². The topological polar surface area (TPSA) is 15.7 Å². The Labute approximate surface area is 265 Å². The first-order chi connectivity index (χ1) is 21.8. The van der Waals surface area contributed by atoms with Crippen LogP contribution < -0.4 is 14.5 Å². The van der Waals surface area contributed by atoms with Crippen LogP contribution in [0.3, 0.4) is 0 Å². The highest BCUT2D eigenvalue weighted by Gasteiger charge is 2.42. The number of rotatable bonds is 3. The number of fused-ring (bicyclic) bond motifs is 7. The molecule has 0 unspecified atom stereocenters. The molecule has 6 aromatic carbocycles. The van der Waals surface area contributed by atoms with E-state index in [0.717, 1.165) is 39.9 Å². The summed E-state index contributed by atoms with van der Waals surface area (Å²) in [6, 6.07) is 48.4. The number of para-hydroxylation sites is 4. The van der Waals surface area contributed by atoms with Crippen LogP contribution in [-0.4, -0.2) is 0 Å². The summed E-state index contributed by atoms with van der Waals surface area (Å²) >= 11 is 0. The van der Waals surface area contributed by atoms with Crippen molar-refractivity contribution in [1.82, 2.24) is 0 Å².